The van der Waals surface area contributed by atoms with Crippen LogP contribution in [-0.2, 0) is 10.2 Å². The third-order valence-electron chi connectivity index (χ3n) is 5.89. The highest BCUT2D eigenvalue weighted by Gasteiger charge is 2.52. The molecule has 5 rings (SSSR count). The number of hydrogen-bond donors (Lipinski definition) is 2. The Kier molecular flexibility index (Phi) is 4.30. The fourth-order valence-corrected chi connectivity index (χ4v) is 3.99. The largest absolute Gasteiger partial charge is 0.404 e. The molecule has 0 atom stereocenters. The van der Waals surface area contributed by atoms with Gasteiger partial charge in [-0.2, -0.15) is 0 Å². The average Bonchev–Trinajstić information content (AvgIpc) is 3.61. The number of aliphatic imine (C=N–C) groups is 1. The number of aryl methyl sites for hydroxylation is 1. The van der Waals surface area contributed by atoms with E-state index in [-0.39, 0.29) is 11.3 Å². The molecular formula is C22H25N7O. The minimum Gasteiger partial charge on any atom is -0.404 e. The van der Waals surface area contributed by atoms with Crippen LogP contribution in [0.1, 0.15) is 49.7 Å². The van der Waals surface area contributed by atoms with Crippen molar-refractivity contribution in [1.29, 1.82) is 0 Å². The first-order chi connectivity index (χ1) is 14.5. The van der Waals surface area contributed by atoms with Crippen LogP contribution < -0.4 is 16.0 Å². The van der Waals surface area contributed by atoms with Crippen LogP contribution in [0.25, 0.3) is 5.57 Å². The van der Waals surface area contributed by atoms with E-state index in [1.54, 1.807) is 6.21 Å². The molecule has 0 unspecified atom stereocenters. The van der Waals surface area contributed by atoms with Crippen LogP contribution in [-0.4, -0.2) is 39.7 Å². The fourth-order valence-electron chi connectivity index (χ4n) is 3.99. The highest BCUT2D eigenvalue weighted by molar-refractivity contribution is 6.08. The van der Waals surface area contributed by atoms with Crippen molar-refractivity contribution >= 4 is 35.0 Å². The lowest BCUT2D eigenvalue weighted by Crippen LogP contribution is -2.21. The summed E-state index contributed by atoms with van der Waals surface area (Å²) in [4.78, 5) is 32.1. The van der Waals surface area contributed by atoms with E-state index >= 15 is 0 Å². The van der Waals surface area contributed by atoms with Gasteiger partial charge in [-0.25, -0.2) is 15.0 Å². The maximum Gasteiger partial charge on any atom is 0.222 e. The highest BCUT2D eigenvalue weighted by atomic mass is 16.1. The van der Waals surface area contributed by atoms with Crippen LogP contribution in [0.5, 0.6) is 0 Å². The number of hydrogen-bond acceptors (Lipinski definition) is 7. The van der Waals surface area contributed by atoms with Crippen molar-refractivity contribution in [3.05, 3.63) is 41.6 Å². The topological polar surface area (TPSA) is 109 Å². The summed E-state index contributed by atoms with van der Waals surface area (Å²) in [5.74, 6) is 1.81. The van der Waals surface area contributed by atoms with Gasteiger partial charge in [0.25, 0.3) is 0 Å². The summed E-state index contributed by atoms with van der Waals surface area (Å²) in [6.07, 6.45) is 9.74. The van der Waals surface area contributed by atoms with Crippen molar-refractivity contribution in [2.24, 2.45) is 10.7 Å². The first kappa shape index (κ1) is 18.7. The third-order valence-corrected chi connectivity index (χ3v) is 5.89. The van der Waals surface area contributed by atoms with E-state index in [1.807, 2.05) is 25.3 Å². The number of pyridine rings is 1. The Bertz CT molecular complexity index is 1080. The first-order valence-corrected chi connectivity index (χ1v) is 10.3. The highest BCUT2D eigenvalue weighted by Crippen LogP contribution is 2.58. The molecule has 3 heterocycles. The normalized spacial score (nSPS) is 19.4. The van der Waals surface area contributed by atoms with E-state index in [0.29, 0.717) is 17.7 Å². The standard InChI is InChI=1S/C22H25N7O/c1-13-7-20(28-21(26-13)15(9-23)10-24-16-3-4-16)29-12-22(5-6-22)17-11-25-19(8-18(17)29)27-14(2)30/h7-11,16H,3-6,12,23H2,1-2H3,(H,25,27,30)/b15-9+,24-10?. The number of carbonyl (C=O) groups excluding carboxylic acids is 1. The predicted molar refractivity (Wildman–Crippen MR) is 117 cm³/mol. The third kappa shape index (κ3) is 3.42. The lowest BCUT2D eigenvalue weighted by atomic mass is 10.0. The molecule has 2 aromatic rings. The second kappa shape index (κ2) is 6.90. The smallest absolute Gasteiger partial charge is 0.222 e. The summed E-state index contributed by atoms with van der Waals surface area (Å²) in [5, 5.41) is 2.79. The molecule has 1 spiro atoms. The van der Waals surface area contributed by atoms with E-state index in [1.165, 1.54) is 18.7 Å². The van der Waals surface area contributed by atoms with Crippen LogP contribution in [0.2, 0.25) is 0 Å². The van der Waals surface area contributed by atoms with Crippen LogP contribution in [0, 0.1) is 6.92 Å². The molecule has 0 aromatic carbocycles. The van der Waals surface area contributed by atoms with Gasteiger partial charge in [0.15, 0.2) is 5.82 Å². The summed E-state index contributed by atoms with van der Waals surface area (Å²) < 4.78 is 0. The van der Waals surface area contributed by atoms with Gasteiger partial charge in [0.05, 0.1) is 17.3 Å². The SMILES string of the molecule is CC(=O)Nc1cc2c(cn1)C1(CC1)CN2c1cc(C)nc(/C(C=NC2CC2)=C/N)n1. The minimum atomic E-state index is -0.138. The molecule has 0 radical (unpaired) electrons. The Morgan fingerprint density at radius 3 is 2.80 bits per heavy atom. The van der Waals surface area contributed by atoms with Gasteiger partial charge in [0.1, 0.15) is 11.6 Å². The van der Waals surface area contributed by atoms with Gasteiger partial charge >= 0.3 is 0 Å². The molecule has 8 heteroatoms. The molecule has 0 saturated heterocycles. The van der Waals surface area contributed by atoms with Gasteiger partial charge in [-0.3, -0.25) is 9.79 Å². The number of amides is 1. The molecule has 2 saturated carbocycles. The van der Waals surface area contributed by atoms with Crippen molar-refractivity contribution in [3.63, 3.8) is 0 Å². The average molecular weight is 403 g/mol. The van der Waals surface area contributed by atoms with Gasteiger partial charge in [-0.15, -0.1) is 0 Å². The van der Waals surface area contributed by atoms with Crippen molar-refractivity contribution in [1.82, 2.24) is 15.0 Å². The second-order valence-corrected chi connectivity index (χ2v) is 8.46. The molecule has 154 valence electrons. The van der Waals surface area contributed by atoms with Crippen LogP contribution in [0.3, 0.4) is 0 Å². The number of allylic oxidation sites excluding steroid dienone is 1. The number of carbonyl (C=O) groups is 1. The lowest BCUT2D eigenvalue weighted by Gasteiger charge is -2.20. The molecule has 30 heavy (non-hydrogen) atoms. The summed E-state index contributed by atoms with van der Waals surface area (Å²) in [6, 6.07) is 4.33. The zero-order chi connectivity index (χ0) is 20.9. The summed E-state index contributed by atoms with van der Waals surface area (Å²) in [7, 11) is 0. The van der Waals surface area contributed by atoms with Crippen molar-refractivity contribution in [2.75, 3.05) is 16.8 Å². The van der Waals surface area contributed by atoms with E-state index in [9.17, 15) is 4.79 Å². The minimum absolute atomic E-state index is 0.135. The number of nitrogens with one attached hydrogen (secondary N) is 1. The number of anilines is 3. The molecular weight excluding hydrogens is 378 g/mol. The van der Waals surface area contributed by atoms with E-state index < -0.39 is 0 Å². The van der Waals surface area contributed by atoms with E-state index in [0.717, 1.165) is 55.0 Å². The number of fused-ring (bicyclic) bond motifs is 2. The van der Waals surface area contributed by atoms with Gasteiger partial charge in [-0.05, 0) is 32.6 Å². The van der Waals surface area contributed by atoms with Gasteiger partial charge in [0.2, 0.25) is 5.91 Å². The van der Waals surface area contributed by atoms with Gasteiger partial charge in [-0.1, -0.05) is 0 Å². The maximum atomic E-state index is 11.5. The molecule has 2 fully saturated rings. The van der Waals surface area contributed by atoms with Crippen LogP contribution in [0.15, 0.2) is 29.5 Å². The summed E-state index contributed by atoms with van der Waals surface area (Å²) >= 11 is 0. The molecule has 8 nitrogen and oxygen atoms in total. The lowest BCUT2D eigenvalue weighted by molar-refractivity contribution is -0.114. The van der Waals surface area contributed by atoms with Gasteiger partial charge in [0, 0.05) is 60.9 Å². The Balaban J connectivity index is 1.53. The molecule has 3 aliphatic rings. The Labute approximate surface area is 175 Å². The number of aromatic nitrogens is 3. The van der Waals surface area contributed by atoms with E-state index in [2.05, 4.69) is 25.2 Å². The molecule has 3 N–H and O–H groups in total. The van der Waals surface area contributed by atoms with Crippen molar-refractivity contribution in [2.45, 2.75) is 51.0 Å². The number of nitrogens with zero attached hydrogens (tertiary/aromatic N) is 5. The molecule has 2 aliphatic carbocycles. The molecule has 1 aliphatic heterocycles. The monoisotopic (exact) mass is 403 g/mol. The first-order valence-electron chi connectivity index (χ1n) is 10.3. The Morgan fingerprint density at radius 1 is 1.33 bits per heavy atom. The predicted octanol–water partition coefficient (Wildman–Crippen LogP) is 2.85. The number of nitrogens with two attached hydrogens (primary N) is 1. The van der Waals surface area contributed by atoms with E-state index in [4.69, 9.17) is 10.7 Å². The zero-order valence-electron chi connectivity index (χ0n) is 17.2. The van der Waals surface area contributed by atoms with Crippen molar-refractivity contribution in [3.8, 4) is 0 Å². The number of rotatable bonds is 5. The fraction of sp³-hybridized carbons (Fsp3) is 0.409. The summed E-state index contributed by atoms with van der Waals surface area (Å²) in [5.41, 5.74) is 9.85. The zero-order valence-corrected chi connectivity index (χ0v) is 17.2. The van der Waals surface area contributed by atoms with Crippen LogP contribution >= 0.6 is 0 Å². The Hall–Kier alpha value is -3.29. The maximum absolute atomic E-state index is 11.5. The van der Waals surface area contributed by atoms with Crippen molar-refractivity contribution < 1.29 is 4.79 Å². The van der Waals surface area contributed by atoms with Crippen LogP contribution in [0.4, 0.5) is 17.3 Å². The quantitative estimate of drug-likeness (QED) is 0.743. The Morgan fingerprint density at radius 2 is 2.13 bits per heavy atom. The molecule has 2 aromatic heterocycles. The molecule has 0 bridgehead atoms. The van der Waals surface area contributed by atoms with Gasteiger partial charge < -0.3 is 16.0 Å². The summed E-state index contributed by atoms with van der Waals surface area (Å²) in [6.45, 7) is 4.29. The second-order valence-electron chi connectivity index (χ2n) is 8.46. The molecule has 1 amide bonds.